The van der Waals surface area contributed by atoms with Crippen LogP contribution in [0, 0.1) is 17.8 Å². The van der Waals surface area contributed by atoms with Gasteiger partial charge in [-0.3, -0.25) is 0 Å². The van der Waals surface area contributed by atoms with Gasteiger partial charge < -0.3 is 11.1 Å². The summed E-state index contributed by atoms with van der Waals surface area (Å²) in [5, 5.41) is 3.73. The molecule has 1 aliphatic heterocycles. The average Bonchev–Trinajstić information content (AvgIpc) is 2.08. The molecule has 3 N–H and O–H groups in total. The van der Waals surface area contributed by atoms with E-state index in [4.69, 9.17) is 5.73 Å². The fourth-order valence-electron chi connectivity index (χ4n) is 3.36. The second-order valence-electron chi connectivity index (χ2n) is 6.63. The molecule has 16 heavy (non-hydrogen) atoms. The van der Waals surface area contributed by atoms with Gasteiger partial charge in [0, 0.05) is 18.1 Å². The van der Waals surface area contributed by atoms with Crippen LogP contribution in [0.4, 0.5) is 0 Å². The molecule has 2 rings (SSSR count). The van der Waals surface area contributed by atoms with Gasteiger partial charge >= 0.3 is 0 Å². The Kier molecular flexibility index (Phi) is 3.91. The molecular weight excluding hydrogens is 196 g/mol. The first kappa shape index (κ1) is 12.4. The lowest BCUT2D eigenvalue weighted by atomic mass is 9.70. The molecule has 2 nitrogen and oxygen atoms in total. The van der Waals surface area contributed by atoms with Crippen molar-refractivity contribution in [1.29, 1.82) is 0 Å². The Morgan fingerprint density at radius 3 is 2.12 bits per heavy atom. The Hall–Kier alpha value is -0.0800. The summed E-state index contributed by atoms with van der Waals surface area (Å²) < 4.78 is 0. The van der Waals surface area contributed by atoms with E-state index in [-0.39, 0.29) is 0 Å². The highest BCUT2D eigenvalue weighted by atomic mass is 15.0. The second-order valence-corrected chi connectivity index (χ2v) is 6.63. The number of nitrogens with two attached hydrogens (primary N) is 1. The van der Waals surface area contributed by atoms with Crippen LogP contribution in [0.5, 0.6) is 0 Å². The molecule has 1 saturated heterocycles. The van der Waals surface area contributed by atoms with Crippen LogP contribution in [0.25, 0.3) is 0 Å². The zero-order valence-electron chi connectivity index (χ0n) is 11.1. The van der Waals surface area contributed by atoms with Gasteiger partial charge in [0.15, 0.2) is 0 Å². The van der Waals surface area contributed by atoms with E-state index in [1.54, 1.807) is 0 Å². The highest BCUT2D eigenvalue weighted by Crippen LogP contribution is 2.36. The molecule has 1 heterocycles. The lowest BCUT2D eigenvalue weighted by Crippen LogP contribution is -2.54. The van der Waals surface area contributed by atoms with Crippen LogP contribution in [-0.2, 0) is 0 Å². The van der Waals surface area contributed by atoms with E-state index in [1.807, 2.05) is 0 Å². The van der Waals surface area contributed by atoms with Crippen molar-refractivity contribution in [3.05, 3.63) is 0 Å². The number of hydrogen-bond acceptors (Lipinski definition) is 2. The summed E-state index contributed by atoms with van der Waals surface area (Å²) in [6.07, 6.45) is 6.65. The molecule has 3 atom stereocenters. The molecule has 2 heteroatoms. The van der Waals surface area contributed by atoms with Gasteiger partial charge in [-0.05, 0) is 49.9 Å². The third-order valence-electron chi connectivity index (χ3n) is 4.47. The van der Waals surface area contributed by atoms with E-state index >= 15 is 0 Å². The molecule has 0 radical (unpaired) electrons. The van der Waals surface area contributed by atoms with Gasteiger partial charge in [-0.25, -0.2) is 0 Å². The molecule has 0 spiro atoms. The van der Waals surface area contributed by atoms with Crippen molar-refractivity contribution < 1.29 is 0 Å². The molecule has 0 amide bonds. The molecule has 2 fully saturated rings. The molecule has 0 aromatic carbocycles. The topological polar surface area (TPSA) is 38.0 Å². The lowest BCUT2D eigenvalue weighted by molar-refractivity contribution is 0.133. The van der Waals surface area contributed by atoms with Crippen LogP contribution in [0.3, 0.4) is 0 Å². The van der Waals surface area contributed by atoms with E-state index in [0.717, 1.165) is 29.8 Å². The Morgan fingerprint density at radius 1 is 1.06 bits per heavy atom. The first-order valence-electron chi connectivity index (χ1n) is 7.06. The summed E-state index contributed by atoms with van der Waals surface area (Å²) >= 11 is 0. The van der Waals surface area contributed by atoms with Crippen molar-refractivity contribution in [2.45, 2.75) is 71.0 Å². The van der Waals surface area contributed by atoms with Crippen LogP contribution in [0.1, 0.15) is 52.9 Å². The molecular formula is C14H28N2. The number of hydrogen-bond donors (Lipinski definition) is 2. The normalized spacial score (nSPS) is 40.3. The highest BCUT2D eigenvalue weighted by molar-refractivity contribution is 4.93. The van der Waals surface area contributed by atoms with Gasteiger partial charge in [0.1, 0.15) is 0 Å². The standard InChI is InChI=1S/C14H28N2/c1-9(2)4-13-8-14(16-13)5-10(3)11-6-12(15)7-11/h9-14,16H,4-8,15H2,1-3H3/t10?,11-,12-,13-,14?/m0/s1. The van der Waals surface area contributed by atoms with Crippen LogP contribution in [-0.4, -0.2) is 18.1 Å². The van der Waals surface area contributed by atoms with Crippen molar-refractivity contribution >= 4 is 0 Å². The number of rotatable bonds is 5. The van der Waals surface area contributed by atoms with Gasteiger partial charge in [-0.1, -0.05) is 20.8 Å². The average molecular weight is 224 g/mol. The quantitative estimate of drug-likeness (QED) is 0.753. The summed E-state index contributed by atoms with van der Waals surface area (Å²) in [6, 6.07) is 2.12. The van der Waals surface area contributed by atoms with Gasteiger partial charge in [0.25, 0.3) is 0 Å². The Bertz CT molecular complexity index is 215. The van der Waals surface area contributed by atoms with Crippen LogP contribution >= 0.6 is 0 Å². The van der Waals surface area contributed by atoms with Crippen molar-refractivity contribution in [3.63, 3.8) is 0 Å². The van der Waals surface area contributed by atoms with Crippen molar-refractivity contribution in [1.82, 2.24) is 5.32 Å². The maximum Gasteiger partial charge on any atom is 0.00871 e. The molecule has 94 valence electrons. The van der Waals surface area contributed by atoms with Crippen LogP contribution < -0.4 is 11.1 Å². The molecule has 0 aromatic heterocycles. The lowest BCUT2D eigenvalue weighted by Gasteiger charge is -2.43. The molecule has 2 unspecified atom stereocenters. The van der Waals surface area contributed by atoms with E-state index in [0.29, 0.717) is 6.04 Å². The fourth-order valence-corrected chi connectivity index (χ4v) is 3.36. The van der Waals surface area contributed by atoms with E-state index in [9.17, 15) is 0 Å². The summed E-state index contributed by atoms with van der Waals surface area (Å²) in [5.74, 6) is 2.62. The second kappa shape index (κ2) is 5.05. The smallest absolute Gasteiger partial charge is 0.00871 e. The molecule has 1 aliphatic carbocycles. The fraction of sp³-hybridized carbons (Fsp3) is 1.00. The molecule has 2 aliphatic rings. The van der Waals surface area contributed by atoms with Crippen LogP contribution in [0.2, 0.25) is 0 Å². The largest absolute Gasteiger partial charge is 0.328 e. The van der Waals surface area contributed by atoms with E-state index < -0.39 is 0 Å². The zero-order chi connectivity index (χ0) is 11.7. The Labute approximate surface area is 100 Å². The monoisotopic (exact) mass is 224 g/mol. The Morgan fingerprint density at radius 2 is 1.62 bits per heavy atom. The zero-order valence-corrected chi connectivity index (χ0v) is 11.1. The maximum atomic E-state index is 5.85. The van der Waals surface area contributed by atoms with Crippen molar-refractivity contribution in [2.24, 2.45) is 23.5 Å². The predicted octanol–water partition coefficient (Wildman–Crippen LogP) is 2.53. The third kappa shape index (κ3) is 2.98. The molecule has 0 bridgehead atoms. The SMILES string of the molecule is CC(C)C[C@H]1CC(CC(C)[C@H]2C[C@H](N)C2)N1. The van der Waals surface area contributed by atoms with Crippen LogP contribution in [0.15, 0.2) is 0 Å². The summed E-state index contributed by atoms with van der Waals surface area (Å²) in [6.45, 7) is 7.04. The van der Waals surface area contributed by atoms with Crippen molar-refractivity contribution in [2.75, 3.05) is 0 Å². The Balaban J connectivity index is 1.58. The first-order chi connectivity index (χ1) is 7.54. The third-order valence-corrected chi connectivity index (χ3v) is 4.47. The minimum atomic E-state index is 0.510. The van der Waals surface area contributed by atoms with E-state index in [1.165, 1.54) is 32.1 Å². The molecule has 0 aromatic rings. The van der Waals surface area contributed by atoms with Gasteiger partial charge in [0.2, 0.25) is 0 Å². The summed E-state index contributed by atoms with van der Waals surface area (Å²) in [4.78, 5) is 0. The predicted molar refractivity (Wildman–Crippen MR) is 69.3 cm³/mol. The van der Waals surface area contributed by atoms with Gasteiger partial charge in [-0.2, -0.15) is 0 Å². The summed E-state index contributed by atoms with van der Waals surface area (Å²) in [5.41, 5.74) is 5.85. The summed E-state index contributed by atoms with van der Waals surface area (Å²) in [7, 11) is 0. The molecule has 1 saturated carbocycles. The first-order valence-corrected chi connectivity index (χ1v) is 7.06. The minimum Gasteiger partial charge on any atom is -0.328 e. The minimum absolute atomic E-state index is 0.510. The highest BCUT2D eigenvalue weighted by Gasteiger charge is 2.35. The maximum absolute atomic E-state index is 5.85. The van der Waals surface area contributed by atoms with Gasteiger partial charge in [0.05, 0.1) is 0 Å². The number of nitrogens with one attached hydrogen (secondary N) is 1. The van der Waals surface area contributed by atoms with Gasteiger partial charge in [-0.15, -0.1) is 0 Å². The van der Waals surface area contributed by atoms with E-state index in [2.05, 4.69) is 26.1 Å². The van der Waals surface area contributed by atoms with Crippen molar-refractivity contribution in [3.8, 4) is 0 Å².